The van der Waals surface area contributed by atoms with Gasteiger partial charge in [-0.25, -0.2) is 0 Å². The van der Waals surface area contributed by atoms with Crippen molar-refractivity contribution in [1.82, 2.24) is 0 Å². The molecular weight excluding hydrogens is 230 g/mol. The highest BCUT2D eigenvalue weighted by Crippen LogP contribution is 2.31. The van der Waals surface area contributed by atoms with Gasteiger partial charge in [-0.2, -0.15) is 0 Å². The molecule has 1 aliphatic rings. The van der Waals surface area contributed by atoms with Crippen molar-refractivity contribution in [2.75, 3.05) is 11.4 Å². The van der Waals surface area contributed by atoms with E-state index < -0.39 is 11.9 Å². The van der Waals surface area contributed by atoms with Crippen LogP contribution in [-0.2, 0) is 9.59 Å². The zero-order valence-corrected chi connectivity index (χ0v) is 10.9. The van der Waals surface area contributed by atoms with Crippen molar-refractivity contribution >= 4 is 17.6 Å². The molecule has 0 radical (unpaired) electrons. The Balaban J connectivity index is 2.40. The number of carboxylic acids is 1. The highest BCUT2D eigenvalue weighted by Gasteiger charge is 2.38. The quantitative estimate of drug-likeness (QED) is 0.814. The van der Waals surface area contributed by atoms with Crippen LogP contribution in [0.2, 0.25) is 0 Å². The number of hydrogen-bond acceptors (Lipinski definition) is 2. The minimum absolute atomic E-state index is 0.294. The van der Waals surface area contributed by atoms with Gasteiger partial charge in [0.2, 0.25) is 5.91 Å². The topological polar surface area (TPSA) is 57.6 Å². The maximum Gasteiger partial charge on any atom is 0.316 e. The van der Waals surface area contributed by atoms with E-state index in [-0.39, 0.29) is 5.91 Å². The molecule has 4 nitrogen and oxygen atoms in total. The number of carbonyl (C=O) groups excluding carboxylic acids is 1. The number of nitrogens with zero attached hydrogens (tertiary/aromatic N) is 1. The van der Waals surface area contributed by atoms with E-state index in [0.717, 1.165) is 22.4 Å². The second kappa shape index (κ2) is 4.44. The minimum Gasteiger partial charge on any atom is -0.481 e. The third-order valence-electron chi connectivity index (χ3n) is 3.41. The van der Waals surface area contributed by atoms with E-state index >= 15 is 0 Å². The molecule has 0 aliphatic carbocycles. The van der Waals surface area contributed by atoms with E-state index in [1.165, 1.54) is 0 Å². The largest absolute Gasteiger partial charge is 0.481 e. The summed E-state index contributed by atoms with van der Waals surface area (Å²) in [5.41, 5.74) is 4.06. The Kier molecular flexibility index (Phi) is 3.11. The van der Waals surface area contributed by atoms with Crippen molar-refractivity contribution in [2.24, 2.45) is 5.92 Å². The highest BCUT2D eigenvalue weighted by atomic mass is 16.4. The molecule has 1 aliphatic heterocycles. The van der Waals surface area contributed by atoms with Crippen molar-refractivity contribution < 1.29 is 14.7 Å². The van der Waals surface area contributed by atoms with Gasteiger partial charge in [0.25, 0.3) is 0 Å². The fourth-order valence-corrected chi connectivity index (χ4v) is 2.73. The van der Waals surface area contributed by atoms with Crippen molar-refractivity contribution in [3.8, 4) is 0 Å². The van der Waals surface area contributed by atoms with Gasteiger partial charge in [-0.05, 0) is 38.3 Å². The summed E-state index contributed by atoms with van der Waals surface area (Å²) in [5.74, 6) is -2.20. The third-order valence-corrected chi connectivity index (χ3v) is 3.41. The van der Waals surface area contributed by atoms with E-state index in [0.29, 0.717) is 13.0 Å². The van der Waals surface area contributed by atoms with Crippen LogP contribution in [0.1, 0.15) is 23.1 Å². The highest BCUT2D eigenvalue weighted by molar-refractivity contribution is 6.08. The van der Waals surface area contributed by atoms with Crippen LogP contribution in [0, 0.1) is 26.7 Å². The Labute approximate surface area is 106 Å². The number of aliphatic carboxylic acids is 1. The van der Waals surface area contributed by atoms with Gasteiger partial charge in [-0.1, -0.05) is 17.7 Å². The number of carboxylic acid groups (broad SMARTS) is 1. The predicted molar refractivity (Wildman–Crippen MR) is 68.7 cm³/mol. The lowest BCUT2D eigenvalue weighted by Gasteiger charge is -2.21. The smallest absolute Gasteiger partial charge is 0.316 e. The molecule has 1 atom stereocenters. The Morgan fingerprint density at radius 2 is 1.83 bits per heavy atom. The molecule has 1 heterocycles. The summed E-state index contributed by atoms with van der Waals surface area (Å²) in [6, 6.07) is 4.04. The molecule has 2 rings (SSSR count). The zero-order chi connectivity index (χ0) is 13.4. The van der Waals surface area contributed by atoms with E-state index in [4.69, 9.17) is 5.11 Å². The summed E-state index contributed by atoms with van der Waals surface area (Å²) < 4.78 is 0. The first-order valence-electron chi connectivity index (χ1n) is 6.04. The van der Waals surface area contributed by atoms with Crippen LogP contribution in [0.15, 0.2) is 12.1 Å². The summed E-state index contributed by atoms with van der Waals surface area (Å²) in [7, 11) is 0. The Hall–Kier alpha value is -1.84. The van der Waals surface area contributed by atoms with Crippen LogP contribution >= 0.6 is 0 Å². The molecule has 0 aromatic heterocycles. The van der Waals surface area contributed by atoms with E-state index in [2.05, 4.69) is 0 Å². The normalized spacial score (nSPS) is 19.4. The molecule has 1 aromatic rings. The maximum atomic E-state index is 12.1. The molecule has 0 saturated carbocycles. The van der Waals surface area contributed by atoms with E-state index in [9.17, 15) is 9.59 Å². The second-order valence-corrected chi connectivity index (χ2v) is 4.92. The van der Waals surface area contributed by atoms with E-state index in [1.807, 2.05) is 32.9 Å². The number of amides is 1. The first-order chi connectivity index (χ1) is 8.41. The molecule has 1 fully saturated rings. The fraction of sp³-hybridized carbons (Fsp3) is 0.429. The first-order valence-corrected chi connectivity index (χ1v) is 6.04. The van der Waals surface area contributed by atoms with Gasteiger partial charge in [0.15, 0.2) is 0 Å². The van der Waals surface area contributed by atoms with Crippen molar-refractivity contribution in [2.45, 2.75) is 27.2 Å². The minimum atomic E-state index is -1.02. The SMILES string of the molecule is Cc1cc(C)c(N2CCC(C(=O)O)C2=O)c(C)c1. The molecule has 0 spiro atoms. The van der Waals surface area contributed by atoms with Crippen LogP contribution in [-0.4, -0.2) is 23.5 Å². The molecule has 4 heteroatoms. The number of anilines is 1. The number of aryl methyl sites for hydroxylation is 3. The lowest BCUT2D eigenvalue weighted by molar-refractivity contribution is -0.144. The van der Waals surface area contributed by atoms with Crippen LogP contribution in [0.5, 0.6) is 0 Å². The fourth-order valence-electron chi connectivity index (χ4n) is 2.73. The Morgan fingerprint density at radius 1 is 1.28 bits per heavy atom. The van der Waals surface area contributed by atoms with Gasteiger partial charge in [-0.3, -0.25) is 9.59 Å². The van der Waals surface area contributed by atoms with Gasteiger partial charge >= 0.3 is 5.97 Å². The summed E-state index contributed by atoms with van der Waals surface area (Å²) in [5, 5.41) is 8.98. The maximum absolute atomic E-state index is 12.1. The van der Waals surface area contributed by atoms with Crippen LogP contribution < -0.4 is 4.90 Å². The Bertz CT molecular complexity index is 499. The number of hydrogen-bond donors (Lipinski definition) is 1. The Morgan fingerprint density at radius 3 is 2.28 bits per heavy atom. The molecule has 0 bridgehead atoms. The molecule has 1 saturated heterocycles. The second-order valence-electron chi connectivity index (χ2n) is 4.92. The summed E-state index contributed by atoms with van der Waals surface area (Å²) >= 11 is 0. The third kappa shape index (κ3) is 1.98. The van der Waals surface area contributed by atoms with Gasteiger partial charge in [-0.15, -0.1) is 0 Å². The van der Waals surface area contributed by atoms with Gasteiger partial charge in [0, 0.05) is 12.2 Å². The van der Waals surface area contributed by atoms with Crippen LogP contribution in [0.25, 0.3) is 0 Å². The lowest BCUT2D eigenvalue weighted by Crippen LogP contribution is -2.31. The molecule has 1 aromatic carbocycles. The zero-order valence-electron chi connectivity index (χ0n) is 10.9. The summed E-state index contributed by atoms with van der Waals surface area (Å²) in [4.78, 5) is 24.7. The van der Waals surface area contributed by atoms with Crippen LogP contribution in [0.3, 0.4) is 0 Å². The summed E-state index contributed by atoms with van der Waals surface area (Å²) in [6.45, 7) is 6.41. The number of benzene rings is 1. The molecular formula is C14H17NO3. The monoisotopic (exact) mass is 247 g/mol. The molecule has 1 amide bonds. The average Bonchev–Trinajstić information content (AvgIpc) is 2.59. The lowest BCUT2D eigenvalue weighted by atomic mass is 10.0. The van der Waals surface area contributed by atoms with Crippen molar-refractivity contribution in [3.63, 3.8) is 0 Å². The standard InChI is InChI=1S/C14H17NO3/c1-8-6-9(2)12(10(3)7-8)15-5-4-11(13(15)16)14(17)18/h6-7,11H,4-5H2,1-3H3,(H,17,18). The first kappa shape index (κ1) is 12.6. The number of rotatable bonds is 2. The van der Waals surface area contributed by atoms with E-state index in [1.54, 1.807) is 4.90 Å². The average molecular weight is 247 g/mol. The number of carbonyl (C=O) groups is 2. The van der Waals surface area contributed by atoms with Gasteiger partial charge in [0.1, 0.15) is 5.92 Å². The van der Waals surface area contributed by atoms with Gasteiger partial charge < -0.3 is 10.0 Å². The molecule has 1 N–H and O–H groups in total. The van der Waals surface area contributed by atoms with Crippen molar-refractivity contribution in [1.29, 1.82) is 0 Å². The molecule has 18 heavy (non-hydrogen) atoms. The van der Waals surface area contributed by atoms with Crippen molar-refractivity contribution in [3.05, 3.63) is 28.8 Å². The summed E-state index contributed by atoms with van der Waals surface area (Å²) in [6.07, 6.45) is 0.390. The molecule has 96 valence electrons. The van der Waals surface area contributed by atoms with Crippen LogP contribution in [0.4, 0.5) is 5.69 Å². The predicted octanol–water partition coefficient (Wildman–Crippen LogP) is 2.05. The molecule has 1 unspecified atom stereocenters. The van der Waals surface area contributed by atoms with Gasteiger partial charge in [0.05, 0.1) is 0 Å².